The number of phosphoric ester groups is 1. The molecule has 0 spiro atoms. The Bertz CT molecular complexity index is 746. The maximum Gasteiger partial charge on any atom is 0.471 e. The predicted octanol–water partition coefficient (Wildman–Crippen LogP) is -2.55. The van der Waals surface area contributed by atoms with Gasteiger partial charge < -0.3 is 30.4 Å². The summed E-state index contributed by atoms with van der Waals surface area (Å²) < 4.78 is 20.7. The van der Waals surface area contributed by atoms with Gasteiger partial charge in [-0.2, -0.15) is 0 Å². The van der Waals surface area contributed by atoms with E-state index in [4.69, 9.17) is 24.9 Å². The molecule has 0 bridgehead atoms. The van der Waals surface area contributed by atoms with Gasteiger partial charge in [-0.05, 0) is 0 Å². The predicted molar refractivity (Wildman–Crippen MR) is 109 cm³/mol. The normalized spacial score (nSPS) is 14.1. The average molecular weight is 517 g/mol. The Morgan fingerprint density at radius 3 is 1.50 bits per heavy atom. The lowest BCUT2D eigenvalue weighted by Gasteiger charge is -2.34. The van der Waals surface area contributed by atoms with E-state index >= 15 is 0 Å². The molecule has 17 nitrogen and oxygen atoms in total. The highest BCUT2D eigenvalue weighted by Gasteiger charge is 2.30. The number of hydrogen-bond donors (Lipinski definition) is 6. The Morgan fingerprint density at radius 1 is 0.735 bits per heavy atom. The third kappa shape index (κ3) is 15.2. The number of hydrogen-bond acceptors (Lipinski definition) is 11. The van der Waals surface area contributed by atoms with Gasteiger partial charge in [0.25, 0.3) is 0 Å². The van der Waals surface area contributed by atoms with E-state index < -0.39 is 89.6 Å². The molecule has 0 rings (SSSR count). The number of rotatable bonds is 20. The van der Waals surface area contributed by atoms with Crippen molar-refractivity contribution in [3.63, 3.8) is 0 Å². The lowest BCUT2D eigenvalue weighted by molar-refractivity contribution is -0.145. The summed E-state index contributed by atoms with van der Waals surface area (Å²) in [5.41, 5.74) is 0. The van der Waals surface area contributed by atoms with Crippen LogP contribution in [0.15, 0.2) is 0 Å². The van der Waals surface area contributed by atoms with Crippen molar-refractivity contribution in [2.45, 2.75) is 6.04 Å². The van der Waals surface area contributed by atoms with E-state index in [9.17, 15) is 38.5 Å². The van der Waals surface area contributed by atoms with Crippen molar-refractivity contribution in [2.75, 3.05) is 66.1 Å². The van der Waals surface area contributed by atoms with Gasteiger partial charge in [-0.15, -0.1) is 0 Å². The second kappa shape index (κ2) is 15.3. The molecule has 2 unspecified atom stereocenters. The molecule has 0 aliphatic carbocycles. The zero-order valence-corrected chi connectivity index (χ0v) is 19.1. The topological polar surface area (TPSA) is 252 Å². The summed E-state index contributed by atoms with van der Waals surface area (Å²) >= 11 is 0. The van der Waals surface area contributed by atoms with Crippen LogP contribution in [0.25, 0.3) is 0 Å². The molecule has 0 aromatic rings. The average Bonchev–Trinajstić information content (AvgIpc) is 2.66. The van der Waals surface area contributed by atoms with Crippen molar-refractivity contribution in [1.29, 1.82) is 0 Å². The number of nitrogens with zero attached hydrogens (tertiary/aromatic N) is 3. The third-order valence-electron chi connectivity index (χ3n) is 4.13. The van der Waals surface area contributed by atoms with Crippen molar-refractivity contribution in [3.8, 4) is 0 Å². The van der Waals surface area contributed by atoms with Gasteiger partial charge >= 0.3 is 37.7 Å². The SMILES string of the molecule is COP(=O)(O)OCC(CN(CCN(CC(=O)O)CC(=O)O)CC(=O)O)N(CC(=O)O)CC(=O)O. The van der Waals surface area contributed by atoms with Gasteiger partial charge in [-0.3, -0.25) is 47.7 Å². The summed E-state index contributed by atoms with van der Waals surface area (Å²) in [7, 11) is -3.71. The van der Waals surface area contributed by atoms with Gasteiger partial charge in [-0.25, -0.2) is 4.57 Å². The quantitative estimate of drug-likeness (QED) is 0.0908. The summed E-state index contributed by atoms with van der Waals surface area (Å²) in [6.45, 7) is -5.26. The molecule has 2 atom stereocenters. The molecule has 34 heavy (non-hydrogen) atoms. The minimum Gasteiger partial charge on any atom is -0.480 e. The lowest BCUT2D eigenvalue weighted by Crippen LogP contribution is -2.52. The number of aliphatic carboxylic acids is 5. The van der Waals surface area contributed by atoms with Crippen molar-refractivity contribution in [3.05, 3.63) is 0 Å². The van der Waals surface area contributed by atoms with Crippen molar-refractivity contribution >= 4 is 37.7 Å². The van der Waals surface area contributed by atoms with Crippen molar-refractivity contribution < 1.29 is 68.0 Å². The maximum atomic E-state index is 11.7. The Hall–Kier alpha value is -2.66. The first kappa shape index (κ1) is 31.3. The molecule has 0 saturated heterocycles. The van der Waals surface area contributed by atoms with E-state index in [2.05, 4.69) is 4.52 Å². The van der Waals surface area contributed by atoms with Crippen LogP contribution in [0.3, 0.4) is 0 Å². The zero-order valence-electron chi connectivity index (χ0n) is 18.2. The molecule has 0 aromatic heterocycles. The van der Waals surface area contributed by atoms with E-state index in [1.165, 1.54) is 0 Å². The first-order valence-corrected chi connectivity index (χ1v) is 11.0. The van der Waals surface area contributed by atoms with Crippen molar-refractivity contribution in [1.82, 2.24) is 14.7 Å². The van der Waals surface area contributed by atoms with Gasteiger partial charge in [0.2, 0.25) is 0 Å². The monoisotopic (exact) mass is 517 g/mol. The first-order chi connectivity index (χ1) is 15.6. The Balaban J connectivity index is 5.77. The molecule has 196 valence electrons. The molecular weight excluding hydrogens is 489 g/mol. The van der Waals surface area contributed by atoms with E-state index in [1.54, 1.807) is 0 Å². The lowest BCUT2D eigenvalue weighted by atomic mass is 10.2. The smallest absolute Gasteiger partial charge is 0.471 e. The number of carbonyl (C=O) groups is 5. The number of phosphoric acid groups is 1. The molecular formula is C16H28N3O14P. The van der Waals surface area contributed by atoms with Crippen molar-refractivity contribution in [2.24, 2.45) is 0 Å². The zero-order chi connectivity index (χ0) is 26.5. The second-order valence-corrected chi connectivity index (χ2v) is 8.48. The van der Waals surface area contributed by atoms with E-state index in [1.807, 2.05) is 0 Å². The molecule has 0 aliphatic heterocycles. The Morgan fingerprint density at radius 2 is 1.12 bits per heavy atom. The van der Waals surface area contributed by atoms with Crippen LogP contribution in [0.1, 0.15) is 0 Å². The molecule has 6 N–H and O–H groups in total. The van der Waals surface area contributed by atoms with Gasteiger partial charge in [0.05, 0.1) is 39.3 Å². The Labute approximate surface area is 193 Å². The summed E-state index contributed by atoms with van der Waals surface area (Å²) in [4.78, 5) is 68.1. The molecule has 18 heteroatoms. The first-order valence-electron chi connectivity index (χ1n) is 9.46. The standard InChI is InChI=1S/C16H28N3O14P/c1-32-34(30,31)33-10-11(19(8-15(26)27)9-16(28)29)4-17(5-12(20)21)2-3-18(6-13(22)23)7-14(24)25/h11H,2-10H2,1H3,(H,20,21)(H,22,23)(H,24,25)(H,26,27)(H,28,29)(H,30,31). The molecule has 0 amide bonds. The molecule has 0 heterocycles. The Kier molecular flexibility index (Phi) is 14.1. The van der Waals surface area contributed by atoms with Crippen LogP contribution < -0.4 is 0 Å². The summed E-state index contributed by atoms with van der Waals surface area (Å²) in [5, 5.41) is 45.3. The highest BCUT2D eigenvalue weighted by molar-refractivity contribution is 7.47. The fourth-order valence-electron chi connectivity index (χ4n) is 2.77. The molecule has 0 aliphatic rings. The van der Waals surface area contributed by atoms with Crippen LogP contribution in [-0.4, -0.2) is 147 Å². The highest BCUT2D eigenvalue weighted by Crippen LogP contribution is 2.42. The van der Waals surface area contributed by atoms with E-state index in [-0.39, 0.29) is 13.1 Å². The van der Waals surface area contributed by atoms with Crippen LogP contribution in [0.2, 0.25) is 0 Å². The van der Waals surface area contributed by atoms with Crippen LogP contribution in [0.5, 0.6) is 0 Å². The van der Waals surface area contributed by atoms with E-state index in [0.717, 1.165) is 21.8 Å². The minimum absolute atomic E-state index is 0.224. The highest BCUT2D eigenvalue weighted by atomic mass is 31.2. The maximum absolute atomic E-state index is 11.7. The summed E-state index contributed by atoms with van der Waals surface area (Å²) in [6, 6.07) is -1.24. The largest absolute Gasteiger partial charge is 0.480 e. The molecule has 0 radical (unpaired) electrons. The number of carboxylic acids is 5. The third-order valence-corrected chi connectivity index (χ3v) is 5.07. The van der Waals surface area contributed by atoms with Crippen LogP contribution in [-0.2, 0) is 37.6 Å². The fourth-order valence-corrected chi connectivity index (χ4v) is 3.24. The number of carboxylic acid groups (broad SMARTS) is 5. The van der Waals surface area contributed by atoms with E-state index in [0.29, 0.717) is 0 Å². The molecule has 0 saturated carbocycles. The van der Waals surface area contributed by atoms with Crippen LogP contribution >= 0.6 is 7.82 Å². The van der Waals surface area contributed by atoms with Gasteiger partial charge in [0.1, 0.15) is 0 Å². The second-order valence-electron chi connectivity index (χ2n) is 6.92. The van der Waals surface area contributed by atoms with Gasteiger partial charge in [-0.1, -0.05) is 0 Å². The minimum atomic E-state index is -4.56. The van der Waals surface area contributed by atoms with Gasteiger partial charge in [0, 0.05) is 32.8 Å². The van der Waals surface area contributed by atoms with Gasteiger partial charge in [0.15, 0.2) is 0 Å². The van der Waals surface area contributed by atoms with Crippen LogP contribution in [0.4, 0.5) is 0 Å². The summed E-state index contributed by atoms with van der Waals surface area (Å²) in [6.07, 6.45) is 0. The summed E-state index contributed by atoms with van der Waals surface area (Å²) in [5.74, 6) is -6.89. The fraction of sp³-hybridized carbons (Fsp3) is 0.688. The molecule has 0 aromatic carbocycles. The van der Waals surface area contributed by atoms with Crippen LogP contribution in [0, 0.1) is 0 Å². The molecule has 0 fully saturated rings.